The number of para-hydroxylation sites is 1. The summed E-state index contributed by atoms with van der Waals surface area (Å²) in [5, 5.41) is 9.47. The fourth-order valence-corrected chi connectivity index (χ4v) is 6.12. The molecule has 45 heavy (non-hydrogen) atoms. The summed E-state index contributed by atoms with van der Waals surface area (Å²) in [7, 11) is 2.12. The normalized spacial score (nSPS) is 14.3. The van der Waals surface area contributed by atoms with Crippen molar-refractivity contribution in [3.8, 4) is 5.82 Å². The van der Waals surface area contributed by atoms with Gasteiger partial charge < -0.3 is 30.3 Å². The number of hydrogen-bond acceptors (Lipinski definition) is 7. The van der Waals surface area contributed by atoms with Gasteiger partial charge in [-0.05, 0) is 74.2 Å². The lowest BCUT2D eigenvalue weighted by atomic mass is 10.0. The number of benzene rings is 2. The van der Waals surface area contributed by atoms with E-state index in [1.54, 1.807) is 0 Å². The lowest BCUT2D eigenvalue weighted by Crippen LogP contribution is -2.44. The molecule has 10 nitrogen and oxygen atoms in total. The minimum absolute atomic E-state index is 0.113. The van der Waals surface area contributed by atoms with E-state index in [1.807, 2.05) is 47.3 Å². The number of anilines is 5. The number of fused-ring (bicyclic) bond motifs is 3. The van der Waals surface area contributed by atoms with Crippen molar-refractivity contribution in [2.45, 2.75) is 39.5 Å². The van der Waals surface area contributed by atoms with Gasteiger partial charge in [0.25, 0.3) is 5.91 Å². The van der Waals surface area contributed by atoms with Crippen LogP contribution in [-0.4, -0.2) is 64.5 Å². The highest BCUT2D eigenvalue weighted by atomic mass is 16.2. The van der Waals surface area contributed by atoms with E-state index < -0.39 is 0 Å². The van der Waals surface area contributed by atoms with Gasteiger partial charge in [0.2, 0.25) is 11.9 Å². The number of carbonyl (C=O) groups excluding carboxylic acids is 2. The molecule has 4 aromatic rings. The second-order valence-electron chi connectivity index (χ2n) is 11.5. The Bertz CT molecular complexity index is 1730. The molecule has 2 aromatic heterocycles. The smallest absolute Gasteiger partial charge is 0.257 e. The van der Waals surface area contributed by atoms with Crippen molar-refractivity contribution < 1.29 is 9.59 Å². The first-order valence-corrected chi connectivity index (χ1v) is 15.6. The Hall–Kier alpha value is -4.96. The number of nitrogens with one attached hydrogen (secondary N) is 3. The van der Waals surface area contributed by atoms with Crippen LogP contribution in [0.25, 0.3) is 5.82 Å². The molecule has 6 rings (SSSR count). The fraction of sp³-hybridized carbons (Fsp3) is 0.314. The Morgan fingerprint density at radius 3 is 2.42 bits per heavy atom. The molecular weight excluding hydrogens is 564 g/mol. The summed E-state index contributed by atoms with van der Waals surface area (Å²) in [5.74, 6) is 0.725. The van der Waals surface area contributed by atoms with Crippen molar-refractivity contribution in [2.24, 2.45) is 0 Å². The van der Waals surface area contributed by atoms with Crippen molar-refractivity contribution in [1.29, 1.82) is 0 Å². The Labute approximate surface area is 264 Å². The number of rotatable bonds is 9. The van der Waals surface area contributed by atoms with Gasteiger partial charge in [0, 0.05) is 61.2 Å². The van der Waals surface area contributed by atoms with Crippen LogP contribution < -0.4 is 20.9 Å². The van der Waals surface area contributed by atoms with Crippen LogP contribution in [0.2, 0.25) is 0 Å². The third-order valence-corrected chi connectivity index (χ3v) is 8.74. The Morgan fingerprint density at radius 2 is 1.71 bits per heavy atom. The fourth-order valence-electron chi connectivity index (χ4n) is 6.12. The minimum Gasteiger partial charge on any atom is -0.369 e. The van der Waals surface area contributed by atoms with Crippen LogP contribution >= 0.6 is 0 Å². The van der Waals surface area contributed by atoms with E-state index in [0.717, 1.165) is 85.0 Å². The van der Waals surface area contributed by atoms with Crippen LogP contribution in [0.15, 0.2) is 67.5 Å². The first-order valence-electron chi connectivity index (χ1n) is 15.6. The summed E-state index contributed by atoms with van der Waals surface area (Å²) in [6, 6.07) is 14.0. The summed E-state index contributed by atoms with van der Waals surface area (Å²) >= 11 is 0. The number of amides is 2. The van der Waals surface area contributed by atoms with Crippen molar-refractivity contribution in [1.82, 2.24) is 19.4 Å². The number of likely N-dealkylation sites (N-methyl/N-ethyl adjacent to an activating group) is 1. The number of nitrogens with zero attached hydrogens (tertiary/aromatic N) is 5. The molecule has 2 aliphatic rings. The zero-order valence-corrected chi connectivity index (χ0v) is 26.2. The first kappa shape index (κ1) is 30.1. The molecule has 0 atom stereocenters. The molecule has 1 fully saturated rings. The van der Waals surface area contributed by atoms with E-state index in [4.69, 9.17) is 4.98 Å². The van der Waals surface area contributed by atoms with E-state index in [9.17, 15) is 9.59 Å². The number of piperazine rings is 1. The average molecular weight is 605 g/mol. The highest BCUT2D eigenvalue weighted by Crippen LogP contribution is 2.32. The predicted octanol–water partition coefficient (Wildman–Crippen LogP) is 5.36. The van der Waals surface area contributed by atoms with Crippen molar-refractivity contribution in [3.63, 3.8) is 0 Å². The van der Waals surface area contributed by atoms with E-state index >= 15 is 0 Å². The maximum Gasteiger partial charge on any atom is 0.257 e. The quantitative estimate of drug-likeness (QED) is 0.221. The van der Waals surface area contributed by atoms with Crippen LogP contribution in [-0.2, 0) is 30.5 Å². The van der Waals surface area contributed by atoms with E-state index in [-0.39, 0.29) is 11.8 Å². The van der Waals surface area contributed by atoms with Gasteiger partial charge in [-0.25, -0.2) is 4.98 Å². The molecule has 0 aliphatic carbocycles. The highest BCUT2D eigenvalue weighted by molar-refractivity contribution is 6.06. The van der Waals surface area contributed by atoms with Crippen molar-refractivity contribution >= 4 is 40.5 Å². The lowest BCUT2D eigenvalue weighted by Gasteiger charge is -2.34. The SMILES string of the molecule is C=CC(=O)Nc1cc(N2CCN(C)CC2)ccc1Nc1ncc2c(n1)-n1ccc(C(=O)Nc3c(CC)cccc3CC)c1CC2. The number of hydrogen-bond donors (Lipinski definition) is 3. The van der Waals surface area contributed by atoms with Gasteiger partial charge in [0.05, 0.1) is 16.9 Å². The maximum atomic E-state index is 13.6. The Morgan fingerprint density at radius 1 is 0.956 bits per heavy atom. The molecule has 2 aliphatic heterocycles. The Kier molecular flexibility index (Phi) is 8.66. The maximum absolute atomic E-state index is 13.6. The highest BCUT2D eigenvalue weighted by Gasteiger charge is 2.25. The van der Waals surface area contributed by atoms with Crippen molar-refractivity contribution in [2.75, 3.05) is 54.1 Å². The van der Waals surface area contributed by atoms with Gasteiger partial charge in [-0.1, -0.05) is 38.6 Å². The molecule has 0 bridgehead atoms. The molecule has 2 aromatic carbocycles. The third kappa shape index (κ3) is 6.19. The topological polar surface area (TPSA) is 107 Å². The zero-order chi connectivity index (χ0) is 31.5. The number of aromatic nitrogens is 3. The zero-order valence-electron chi connectivity index (χ0n) is 26.2. The molecule has 3 N–H and O–H groups in total. The van der Waals surface area contributed by atoms with Crippen LogP contribution in [0.5, 0.6) is 0 Å². The van der Waals surface area contributed by atoms with Crippen LogP contribution in [0, 0.1) is 0 Å². The van der Waals surface area contributed by atoms with E-state index in [2.05, 4.69) is 70.3 Å². The van der Waals surface area contributed by atoms with Crippen LogP contribution in [0.3, 0.4) is 0 Å². The average Bonchev–Trinajstić information content (AvgIpc) is 3.51. The second kappa shape index (κ2) is 13.0. The largest absolute Gasteiger partial charge is 0.369 e. The minimum atomic E-state index is -0.296. The van der Waals surface area contributed by atoms with Gasteiger partial charge in [-0.2, -0.15) is 4.98 Å². The summed E-state index contributed by atoms with van der Waals surface area (Å²) in [5.41, 5.74) is 8.08. The molecule has 4 heterocycles. The van der Waals surface area contributed by atoms with Crippen LogP contribution in [0.1, 0.15) is 46.6 Å². The second-order valence-corrected chi connectivity index (χ2v) is 11.5. The summed E-state index contributed by atoms with van der Waals surface area (Å²) in [4.78, 5) is 40.0. The van der Waals surface area contributed by atoms with E-state index in [0.29, 0.717) is 29.3 Å². The third-order valence-electron chi connectivity index (χ3n) is 8.74. The summed E-state index contributed by atoms with van der Waals surface area (Å²) in [6.45, 7) is 11.6. The van der Waals surface area contributed by atoms with Gasteiger partial charge in [0.1, 0.15) is 5.82 Å². The number of carbonyl (C=O) groups is 2. The molecule has 0 spiro atoms. The molecular formula is C35H40N8O2. The van der Waals surface area contributed by atoms with Gasteiger partial charge in [0.15, 0.2) is 0 Å². The summed E-state index contributed by atoms with van der Waals surface area (Å²) < 4.78 is 1.99. The van der Waals surface area contributed by atoms with Gasteiger partial charge in [-0.15, -0.1) is 0 Å². The standard InChI is InChI=1S/C35H40N8O2/c1-5-23-9-8-10-24(6-2)32(23)39-34(45)27-15-16-43-30(27)14-11-25-22-36-35(40-33(25)43)38-28-13-12-26(21-29(28)37-31(44)7-3)42-19-17-41(4)18-20-42/h7-10,12-13,15-16,21-22H,3,5-6,11,14,17-20H2,1-2,4H3,(H,37,44)(H,39,45)(H,36,38,40). The molecule has 0 radical (unpaired) electrons. The first-order chi connectivity index (χ1) is 21.9. The van der Waals surface area contributed by atoms with Gasteiger partial charge >= 0.3 is 0 Å². The lowest BCUT2D eigenvalue weighted by molar-refractivity contribution is -0.111. The molecule has 232 valence electrons. The summed E-state index contributed by atoms with van der Waals surface area (Å²) in [6.07, 6.45) is 8.12. The van der Waals surface area contributed by atoms with Crippen LogP contribution in [0.4, 0.5) is 28.7 Å². The predicted molar refractivity (Wildman–Crippen MR) is 180 cm³/mol. The molecule has 2 amide bonds. The molecule has 0 unspecified atom stereocenters. The monoisotopic (exact) mass is 604 g/mol. The molecule has 0 saturated carbocycles. The molecule has 10 heteroatoms. The Balaban J connectivity index is 1.27. The van der Waals surface area contributed by atoms with E-state index in [1.165, 1.54) is 6.08 Å². The number of aryl methyl sites for hydroxylation is 3. The van der Waals surface area contributed by atoms with Gasteiger partial charge in [-0.3, -0.25) is 9.59 Å². The molecule has 1 saturated heterocycles. The van der Waals surface area contributed by atoms with Crippen molar-refractivity contribution in [3.05, 3.63) is 95.5 Å².